The number of para-hydroxylation sites is 1. The zero-order valence-electron chi connectivity index (χ0n) is 14.3. The Kier molecular flexibility index (Phi) is 5.33. The molecule has 130 valence electrons. The highest BCUT2D eigenvalue weighted by Crippen LogP contribution is 2.16. The molecule has 2 amide bonds. The largest absolute Gasteiger partial charge is 0.415 e. The number of nitrogens with one attached hydrogen (secondary N) is 1. The molecule has 3 rings (SSSR count). The van der Waals surface area contributed by atoms with Crippen LogP contribution in [-0.4, -0.2) is 36.0 Å². The molecule has 1 aliphatic heterocycles. The highest BCUT2D eigenvalue weighted by molar-refractivity contribution is 5.95. The maximum Gasteiger partial charge on any atom is 0.415 e. The minimum absolute atomic E-state index is 0.0524. The van der Waals surface area contributed by atoms with Gasteiger partial charge in [-0.25, -0.2) is 4.79 Å². The smallest absolute Gasteiger partial charge is 0.410 e. The van der Waals surface area contributed by atoms with Crippen molar-refractivity contribution >= 4 is 12.0 Å². The lowest BCUT2D eigenvalue weighted by Gasteiger charge is -2.31. The number of rotatable bonds is 3. The number of likely N-dealkylation sites (tertiary alicyclic amines) is 1. The van der Waals surface area contributed by atoms with Crippen LogP contribution in [0.5, 0.6) is 5.75 Å². The van der Waals surface area contributed by atoms with Crippen molar-refractivity contribution in [3.05, 3.63) is 65.7 Å². The van der Waals surface area contributed by atoms with E-state index in [1.54, 1.807) is 17.0 Å². The Labute approximate surface area is 147 Å². The van der Waals surface area contributed by atoms with E-state index in [4.69, 9.17) is 4.74 Å². The van der Waals surface area contributed by atoms with Gasteiger partial charge >= 0.3 is 6.09 Å². The van der Waals surface area contributed by atoms with E-state index in [2.05, 4.69) is 5.32 Å². The second-order valence-corrected chi connectivity index (χ2v) is 6.23. The number of amides is 2. The van der Waals surface area contributed by atoms with Crippen LogP contribution >= 0.6 is 0 Å². The summed E-state index contributed by atoms with van der Waals surface area (Å²) in [6.45, 7) is 3.08. The van der Waals surface area contributed by atoms with E-state index in [-0.39, 0.29) is 18.0 Å². The first-order valence-corrected chi connectivity index (χ1v) is 8.52. The summed E-state index contributed by atoms with van der Waals surface area (Å²) in [5, 5.41) is 3.07. The number of carbonyl (C=O) groups is 2. The maximum absolute atomic E-state index is 12.4. The van der Waals surface area contributed by atoms with Crippen LogP contribution < -0.4 is 10.1 Å². The number of hydrogen-bond acceptors (Lipinski definition) is 3. The summed E-state index contributed by atoms with van der Waals surface area (Å²) in [5.41, 5.74) is 1.66. The van der Waals surface area contributed by atoms with Crippen LogP contribution in [-0.2, 0) is 0 Å². The Bertz CT molecular complexity index is 738. The zero-order chi connectivity index (χ0) is 17.6. The number of nitrogens with zero attached hydrogens (tertiary/aromatic N) is 1. The number of hydrogen-bond donors (Lipinski definition) is 1. The van der Waals surface area contributed by atoms with Crippen LogP contribution in [0.4, 0.5) is 4.79 Å². The van der Waals surface area contributed by atoms with Crippen molar-refractivity contribution in [3.8, 4) is 5.75 Å². The van der Waals surface area contributed by atoms with Crippen LogP contribution in [0.1, 0.15) is 28.8 Å². The molecule has 1 heterocycles. The molecule has 1 aliphatic rings. The Morgan fingerprint density at radius 2 is 1.64 bits per heavy atom. The van der Waals surface area contributed by atoms with Gasteiger partial charge in [0.1, 0.15) is 5.75 Å². The monoisotopic (exact) mass is 338 g/mol. The van der Waals surface area contributed by atoms with Gasteiger partial charge in [-0.2, -0.15) is 0 Å². The van der Waals surface area contributed by atoms with Crippen LogP contribution in [0.25, 0.3) is 0 Å². The number of benzene rings is 2. The molecule has 0 bridgehead atoms. The molecular formula is C20H22N2O3. The lowest BCUT2D eigenvalue weighted by atomic mass is 10.0. The topological polar surface area (TPSA) is 58.6 Å². The molecule has 2 aromatic rings. The van der Waals surface area contributed by atoms with Gasteiger partial charge in [-0.05, 0) is 43.5 Å². The molecule has 0 aliphatic carbocycles. The first kappa shape index (κ1) is 17.0. The van der Waals surface area contributed by atoms with Crippen molar-refractivity contribution < 1.29 is 14.3 Å². The van der Waals surface area contributed by atoms with Crippen molar-refractivity contribution in [2.75, 3.05) is 13.1 Å². The molecule has 0 spiro atoms. The first-order valence-electron chi connectivity index (χ1n) is 8.52. The molecule has 1 N–H and O–H groups in total. The normalized spacial score (nSPS) is 14.8. The fourth-order valence-electron chi connectivity index (χ4n) is 2.95. The van der Waals surface area contributed by atoms with Gasteiger partial charge < -0.3 is 15.0 Å². The summed E-state index contributed by atoms with van der Waals surface area (Å²) in [6.07, 6.45) is 1.11. The Hall–Kier alpha value is -2.82. The predicted octanol–water partition coefficient (Wildman–Crippen LogP) is 3.39. The average Bonchev–Trinajstić information content (AvgIpc) is 2.63. The third kappa shape index (κ3) is 4.38. The number of piperidine rings is 1. The van der Waals surface area contributed by atoms with Crippen molar-refractivity contribution in [1.82, 2.24) is 10.2 Å². The van der Waals surface area contributed by atoms with Gasteiger partial charge in [0.05, 0.1) is 0 Å². The van der Waals surface area contributed by atoms with Gasteiger partial charge in [-0.3, -0.25) is 4.79 Å². The van der Waals surface area contributed by atoms with Crippen molar-refractivity contribution in [2.24, 2.45) is 0 Å². The molecule has 0 aromatic heterocycles. The second-order valence-electron chi connectivity index (χ2n) is 6.23. The minimum Gasteiger partial charge on any atom is -0.410 e. The van der Waals surface area contributed by atoms with Gasteiger partial charge in [0.2, 0.25) is 0 Å². The molecule has 0 unspecified atom stereocenters. The van der Waals surface area contributed by atoms with E-state index in [1.807, 2.05) is 49.4 Å². The quantitative estimate of drug-likeness (QED) is 0.933. The van der Waals surface area contributed by atoms with Gasteiger partial charge in [0.15, 0.2) is 0 Å². The zero-order valence-corrected chi connectivity index (χ0v) is 14.3. The summed E-state index contributed by atoms with van der Waals surface area (Å²) in [5.74, 6) is 0.492. The molecule has 1 fully saturated rings. The van der Waals surface area contributed by atoms with E-state index in [1.165, 1.54) is 0 Å². The van der Waals surface area contributed by atoms with Crippen LogP contribution in [0.3, 0.4) is 0 Å². The lowest BCUT2D eigenvalue weighted by Crippen LogP contribution is -2.47. The highest BCUT2D eigenvalue weighted by atomic mass is 16.6. The molecule has 5 heteroatoms. The SMILES string of the molecule is Cc1ccccc1C(=O)NC1CCN(C(=O)Oc2ccccc2)CC1. The molecule has 0 radical (unpaired) electrons. The summed E-state index contributed by atoms with van der Waals surface area (Å²) >= 11 is 0. The Morgan fingerprint density at radius 1 is 1.00 bits per heavy atom. The fourth-order valence-corrected chi connectivity index (χ4v) is 2.95. The van der Waals surface area contributed by atoms with Crippen molar-refractivity contribution in [1.29, 1.82) is 0 Å². The Morgan fingerprint density at radius 3 is 2.32 bits per heavy atom. The summed E-state index contributed by atoms with van der Waals surface area (Å²) in [7, 11) is 0. The van der Waals surface area contributed by atoms with Crippen molar-refractivity contribution in [3.63, 3.8) is 0 Å². The molecule has 1 saturated heterocycles. The second kappa shape index (κ2) is 7.83. The van der Waals surface area contributed by atoms with Gasteiger partial charge in [-0.15, -0.1) is 0 Å². The third-order valence-corrected chi connectivity index (χ3v) is 4.43. The molecule has 25 heavy (non-hydrogen) atoms. The van der Waals surface area contributed by atoms with E-state index in [0.717, 1.165) is 18.4 Å². The lowest BCUT2D eigenvalue weighted by molar-refractivity contribution is 0.0909. The molecule has 0 saturated carbocycles. The van der Waals surface area contributed by atoms with E-state index < -0.39 is 0 Å². The molecule has 5 nitrogen and oxygen atoms in total. The Balaban J connectivity index is 1.49. The van der Waals surface area contributed by atoms with Gasteiger partial charge in [0, 0.05) is 24.7 Å². The van der Waals surface area contributed by atoms with Gasteiger partial charge in [-0.1, -0.05) is 36.4 Å². The van der Waals surface area contributed by atoms with Crippen molar-refractivity contribution in [2.45, 2.75) is 25.8 Å². The predicted molar refractivity (Wildman–Crippen MR) is 95.7 cm³/mol. The number of aryl methyl sites for hydroxylation is 1. The third-order valence-electron chi connectivity index (χ3n) is 4.43. The summed E-state index contributed by atoms with van der Waals surface area (Å²) in [4.78, 5) is 26.2. The number of ether oxygens (including phenoxy) is 1. The maximum atomic E-state index is 12.4. The first-order chi connectivity index (χ1) is 12.1. The van der Waals surface area contributed by atoms with Crippen LogP contribution in [0.2, 0.25) is 0 Å². The van der Waals surface area contributed by atoms with E-state index in [9.17, 15) is 9.59 Å². The fraction of sp³-hybridized carbons (Fsp3) is 0.300. The minimum atomic E-state index is -0.338. The van der Waals surface area contributed by atoms with Crippen LogP contribution in [0.15, 0.2) is 54.6 Å². The van der Waals surface area contributed by atoms with E-state index >= 15 is 0 Å². The molecular weight excluding hydrogens is 316 g/mol. The van der Waals surface area contributed by atoms with Crippen LogP contribution in [0, 0.1) is 6.92 Å². The molecule has 0 atom stereocenters. The molecule has 2 aromatic carbocycles. The number of carbonyl (C=O) groups excluding carboxylic acids is 2. The summed E-state index contributed by atoms with van der Waals surface area (Å²) < 4.78 is 5.35. The summed E-state index contributed by atoms with van der Waals surface area (Å²) in [6, 6.07) is 16.7. The highest BCUT2D eigenvalue weighted by Gasteiger charge is 2.25. The average molecular weight is 338 g/mol. The van der Waals surface area contributed by atoms with Gasteiger partial charge in [0.25, 0.3) is 5.91 Å². The van der Waals surface area contributed by atoms with E-state index in [0.29, 0.717) is 24.4 Å². The standard InChI is InChI=1S/C20H22N2O3/c1-15-7-5-6-10-18(15)19(23)21-16-11-13-22(14-12-16)20(24)25-17-8-3-2-4-9-17/h2-10,16H,11-14H2,1H3,(H,21,23).